The zero-order valence-electron chi connectivity index (χ0n) is 19.0. The van der Waals surface area contributed by atoms with Crippen LogP contribution >= 0.6 is 0 Å². The number of aryl methyl sites for hydroxylation is 1. The molecule has 172 valence electrons. The standard InChI is InChI=1S/C29H27NO4/c1-34-27(32)19-23-15-17-24-20(13-8-14-25(24)29(23)33)16-18-26(31)30-28(21-9-4-2-5-10-21)22-11-6-3-7-12-22/h2-15,17,28,33H,16,18-19H2,1H3,(H,30,31). The minimum atomic E-state index is -0.408. The molecule has 0 radical (unpaired) electrons. The summed E-state index contributed by atoms with van der Waals surface area (Å²) in [5.74, 6) is -0.391. The molecule has 0 atom stereocenters. The largest absolute Gasteiger partial charge is 0.507 e. The van der Waals surface area contributed by atoms with E-state index in [0.29, 0.717) is 23.8 Å². The van der Waals surface area contributed by atoms with Crippen molar-refractivity contribution >= 4 is 22.6 Å². The summed E-state index contributed by atoms with van der Waals surface area (Å²) in [6.07, 6.45) is 0.834. The van der Waals surface area contributed by atoms with Gasteiger partial charge in [-0.1, -0.05) is 91.0 Å². The van der Waals surface area contributed by atoms with E-state index in [9.17, 15) is 14.7 Å². The SMILES string of the molecule is COC(=O)Cc1ccc2c(CCC(=O)NC(c3ccccc3)c3ccccc3)cccc2c1O. The third-order valence-corrected chi connectivity index (χ3v) is 5.96. The number of carbonyl (C=O) groups excluding carboxylic acids is 2. The van der Waals surface area contributed by atoms with Crippen LogP contribution in [0.4, 0.5) is 0 Å². The lowest BCUT2D eigenvalue weighted by Crippen LogP contribution is -2.29. The predicted molar refractivity (Wildman–Crippen MR) is 133 cm³/mol. The van der Waals surface area contributed by atoms with Gasteiger partial charge in [0.1, 0.15) is 5.75 Å². The number of nitrogens with one attached hydrogen (secondary N) is 1. The number of aromatic hydroxyl groups is 1. The molecule has 4 rings (SSSR count). The quantitative estimate of drug-likeness (QED) is 0.364. The van der Waals surface area contributed by atoms with Gasteiger partial charge in [-0.3, -0.25) is 9.59 Å². The Hall–Kier alpha value is -4.12. The van der Waals surface area contributed by atoms with Gasteiger partial charge in [0.2, 0.25) is 5.91 Å². The molecule has 0 aliphatic rings. The van der Waals surface area contributed by atoms with Crippen LogP contribution in [0.2, 0.25) is 0 Å². The lowest BCUT2D eigenvalue weighted by molar-refractivity contribution is -0.139. The zero-order chi connectivity index (χ0) is 23.9. The molecule has 0 bridgehead atoms. The van der Waals surface area contributed by atoms with Crippen molar-refractivity contribution in [1.29, 1.82) is 0 Å². The Bertz CT molecular complexity index is 1250. The van der Waals surface area contributed by atoms with Crippen molar-refractivity contribution in [1.82, 2.24) is 5.32 Å². The number of hydrogen-bond donors (Lipinski definition) is 2. The number of fused-ring (bicyclic) bond motifs is 1. The molecule has 0 fully saturated rings. The Morgan fingerprint density at radius 3 is 2.06 bits per heavy atom. The van der Waals surface area contributed by atoms with Gasteiger partial charge in [-0.15, -0.1) is 0 Å². The number of esters is 1. The Morgan fingerprint density at radius 2 is 1.44 bits per heavy atom. The Kier molecular flexibility index (Phi) is 7.23. The second kappa shape index (κ2) is 10.7. The minimum Gasteiger partial charge on any atom is -0.507 e. The summed E-state index contributed by atoms with van der Waals surface area (Å²) in [5, 5.41) is 15.4. The van der Waals surface area contributed by atoms with Crippen LogP contribution in [0.5, 0.6) is 5.75 Å². The Labute approximate surface area is 199 Å². The molecule has 5 nitrogen and oxygen atoms in total. The topological polar surface area (TPSA) is 75.6 Å². The lowest BCUT2D eigenvalue weighted by atomic mass is 9.96. The summed E-state index contributed by atoms with van der Waals surface area (Å²) in [7, 11) is 1.32. The predicted octanol–water partition coefficient (Wildman–Crippen LogP) is 5.10. The summed E-state index contributed by atoms with van der Waals surface area (Å²) in [6.45, 7) is 0. The number of phenols is 1. The molecule has 5 heteroatoms. The molecule has 34 heavy (non-hydrogen) atoms. The van der Waals surface area contributed by atoms with Crippen LogP contribution in [0.1, 0.15) is 34.7 Å². The first-order valence-electron chi connectivity index (χ1n) is 11.3. The van der Waals surface area contributed by atoms with E-state index in [-0.39, 0.29) is 24.1 Å². The van der Waals surface area contributed by atoms with Crippen LogP contribution < -0.4 is 5.32 Å². The summed E-state index contributed by atoms with van der Waals surface area (Å²) >= 11 is 0. The molecule has 0 aliphatic carbocycles. The first kappa shape index (κ1) is 23.1. The van der Waals surface area contributed by atoms with E-state index in [1.165, 1.54) is 7.11 Å². The first-order valence-corrected chi connectivity index (χ1v) is 11.3. The van der Waals surface area contributed by atoms with Crippen molar-refractivity contribution in [3.8, 4) is 5.75 Å². The second-order valence-corrected chi connectivity index (χ2v) is 8.16. The van der Waals surface area contributed by atoms with Crippen LogP contribution in [0.3, 0.4) is 0 Å². The fourth-order valence-electron chi connectivity index (χ4n) is 4.17. The highest BCUT2D eigenvalue weighted by Gasteiger charge is 2.17. The molecule has 0 aromatic heterocycles. The van der Waals surface area contributed by atoms with Crippen LogP contribution in [0.25, 0.3) is 10.8 Å². The highest BCUT2D eigenvalue weighted by molar-refractivity contribution is 5.93. The van der Waals surface area contributed by atoms with E-state index < -0.39 is 5.97 Å². The Morgan fingerprint density at radius 1 is 0.794 bits per heavy atom. The molecule has 0 aliphatic heterocycles. The molecule has 4 aromatic rings. The van der Waals surface area contributed by atoms with Crippen molar-refractivity contribution in [2.75, 3.05) is 7.11 Å². The normalized spacial score (nSPS) is 10.9. The third kappa shape index (κ3) is 5.26. The maximum absolute atomic E-state index is 13.0. The lowest BCUT2D eigenvalue weighted by Gasteiger charge is -2.20. The van der Waals surface area contributed by atoms with Gasteiger partial charge in [0.15, 0.2) is 0 Å². The van der Waals surface area contributed by atoms with E-state index in [1.807, 2.05) is 84.9 Å². The highest BCUT2D eigenvalue weighted by Crippen LogP contribution is 2.32. The van der Waals surface area contributed by atoms with Gasteiger partial charge in [0.25, 0.3) is 0 Å². The van der Waals surface area contributed by atoms with Gasteiger partial charge in [0.05, 0.1) is 19.6 Å². The van der Waals surface area contributed by atoms with Crippen LogP contribution in [-0.2, 0) is 27.2 Å². The van der Waals surface area contributed by atoms with Crippen LogP contribution in [-0.4, -0.2) is 24.1 Å². The van der Waals surface area contributed by atoms with Gasteiger partial charge < -0.3 is 15.2 Å². The highest BCUT2D eigenvalue weighted by atomic mass is 16.5. The number of ether oxygens (including phenoxy) is 1. The smallest absolute Gasteiger partial charge is 0.310 e. The molecule has 0 saturated heterocycles. The van der Waals surface area contributed by atoms with Crippen LogP contribution in [0.15, 0.2) is 91.0 Å². The fourth-order valence-corrected chi connectivity index (χ4v) is 4.17. The molecular formula is C29H27NO4. The van der Waals surface area contributed by atoms with Gasteiger partial charge >= 0.3 is 5.97 Å². The van der Waals surface area contributed by atoms with E-state index in [2.05, 4.69) is 5.32 Å². The fraction of sp³-hybridized carbons (Fsp3) is 0.172. The first-order chi connectivity index (χ1) is 16.6. The number of benzene rings is 4. The molecule has 0 saturated carbocycles. The summed E-state index contributed by atoms with van der Waals surface area (Å²) in [5.41, 5.74) is 3.52. The number of phenolic OH excluding ortho intramolecular Hbond substituents is 1. The van der Waals surface area contributed by atoms with E-state index in [0.717, 1.165) is 22.1 Å². The third-order valence-electron chi connectivity index (χ3n) is 5.96. The molecule has 4 aromatic carbocycles. The van der Waals surface area contributed by atoms with Gasteiger partial charge in [0, 0.05) is 17.4 Å². The van der Waals surface area contributed by atoms with Crippen molar-refractivity contribution < 1.29 is 19.4 Å². The Balaban J connectivity index is 1.51. The van der Waals surface area contributed by atoms with E-state index >= 15 is 0 Å². The van der Waals surface area contributed by atoms with Gasteiger partial charge in [-0.25, -0.2) is 0 Å². The van der Waals surface area contributed by atoms with Crippen molar-refractivity contribution in [3.05, 3.63) is 113 Å². The number of hydrogen-bond acceptors (Lipinski definition) is 4. The molecule has 2 N–H and O–H groups in total. The van der Waals surface area contributed by atoms with E-state index in [4.69, 9.17) is 4.74 Å². The number of amides is 1. The summed E-state index contributed by atoms with van der Waals surface area (Å²) in [4.78, 5) is 24.6. The second-order valence-electron chi connectivity index (χ2n) is 8.16. The van der Waals surface area contributed by atoms with E-state index in [1.54, 1.807) is 6.07 Å². The van der Waals surface area contributed by atoms with Crippen molar-refractivity contribution in [3.63, 3.8) is 0 Å². The van der Waals surface area contributed by atoms with Gasteiger partial charge in [-0.05, 0) is 28.5 Å². The van der Waals surface area contributed by atoms with Gasteiger partial charge in [-0.2, -0.15) is 0 Å². The zero-order valence-corrected chi connectivity index (χ0v) is 19.0. The number of methoxy groups -OCH3 is 1. The van der Waals surface area contributed by atoms with Crippen molar-refractivity contribution in [2.24, 2.45) is 0 Å². The molecule has 0 spiro atoms. The maximum atomic E-state index is 13.0. The monoisotopic (exact) mass is 453 g/mol. The minimum absolute atomic E-state index is 0.00523. The average Bonchev–Trinajstić information content (AvgIpc) is 2.88. The van der Waals surface area contributed by atoms with Crippen LogP contribution in [0, 0.1) is 0 Å². The molecule has 1 amide bonds. The summed E-state index contributed by atoms with van der Waals surface area (Å²) in [6, 6.07) is 28.9. The molecular weight excluding hydrogens is 426 g/mol. The number of carbonyl (C=O) groups is 2. The summed E-state index contributed by atoms with van der Waals surface area (Å²) < 4.78 is 4.71. The molecule has 0 unspecified atom stereocenters. The number of rotatable bonds is 8. The molecule has 0 heterocycles. The average molecular weight is 454 g/mol. The van der Waals surface area contributed by atoms with Crippen molar-refractivity contribution in [2.45, 2.75) is 25.3 Å². The maximum Gasteiger partial charge on any atom is 0.310 e.